The topological polar surface area (TPSA) is 1060 Å². The first-order valence-corrected chi connectivity index (χ1v) is 47.2. The fourth-order valence-corrected chi connectivity index (χ4v) is 19.3. The quantitative estimate of drug-likeness (QED) is 0.0272. The van der Waals surface area contributed by atoms with Gasteiger partial charge in [-0.15, -0.1) is 0 Å². The Hall–Kier alpha value is -5.87. The first-order chi connectivity index (χ1) is 70.9. The van der Waals surface area contributed by atoms with Crippen molar-refractivity contribution in [3.05, 3.63) is 0 Å². The van der Waals surface area contributed by atoms with Gasteiger partial charge in [-0.05, 0) is 0 Å². The number of carboxylic acids is 2. The van der Waals surface area contributed by atoms with Crippen LogP contribution in [0.25, 0.3) is 0 Å². The molecule has 0 aliphatic carbocycles. The van der Waals surface area contributed by atoms with Crippen molar-refractivity contribution in [2.75, 3.05) is 66.1 Å². The van der Waals surface area contributed by atoms with Gasteiger partial charge in [0.2, 0.25) is 29.5 Å². The van der Waals surface area contributed by atoms with E-state index in [-0.39, 0.29) is 0 Å². The normalized spacial score (nSPS) is 48.7. The molecule has 864 valence electrons. The predicted octanol–water partition coefficient (Wildman–Crippen LogP) is -26.3. The molecule has 12 saturated heterocycles. The number of rotatable bonds is 39. The van der Waals surface area contributed by atoms with Crippen LogP contribution in [0.3, 0.4) is 0 Å². The van der Waals surface area contributed by atoms with E-state index in [4.69, 9.17) is 109 Å². The number of ether oxygens (including phenoxy) is 23. The summed E-state index contributed by atoms with van der Waals surface area (Å²) in [6, 6.07) is -10.1. The van der Waals surface area contributed by atoms with Gasteiger partial charge in [-0.1, -0.05) is 0 Å². The second kappa shape index (κ2) is 53.2. The maximum Gasteiger partial charge on any atom is 0.335 e. The smallest absolute Gasteiger partial charge is 0.335 e. The molecule has 12 aliphatic rings. The maximum absolute atomic E-state index is 13.6. The van der Waals surface area contributed by atoms with Gasteiger partial charge in [0, 0.05) is 34.6 Å². The molecule has 68 nitrogen and oxygen atoms in total. The fraction of sp³-hybridized carbons (Fsp3) is 0.915. The molecule has 38 N–H and O–H groups in total. The van der Waals surface area contributed by atoms with Crippen molar-refractivity contribution in [3.8, 4) is 0 Å². The van der Waals surface area contributed by atoms with Crippen LogP contribution in [0.1, 0.15) is 34.6 Å². The molecule has 0 radical (unpaired) electrons. The summed E-state index contributed by atoms with van der Waals surface area (Å²) in [6.45, 7) is -8.26. The summed E-state index contributed by atoms with van der Waals surface area (Å²) in [4.78, 5) is 89.4. The van der Waals surface area contributed by atoms with Crippen LogP contribution < -0.4 is 26.6 Å². The predicted molar refractivity (Wildman–Crippen MR) is 454 cm³/mol. The van der Waals surface area contributed by atoms with Gasteiger partial charge in [0.1, 0.15) is 280 Å². The van der Waals surface area contributed by atoms with Crippen LogP contribution in [0.4, 0.5) is 0 Å². The SMILES string of the molecule is CC(=O)N[C@@H]1[C@@H](O)[C@H](O[C@@H]2O[C@H](CO)[C@@H](O[C@@H]3O[C@H](CO[C@H]4O[C@H](CO)[C@@H](O)[C@H](O)[C@@H]4O[C@@H]4O[C@H](CO)[C@@H](O[C@@H]5O[C@H](CO)[C@H](O)[C@H](O[C@@H]6O[C@H](C(=O)O)[C@@H](O)[C@H](O)[C@H]6O)[C@H]5O)[C@H](O)[C@H]4NC(C)=O)[C@@H](O)[C@H](O[C@H]4O[C@H](CO)[C@@H](O[C@@H]5O[C@H](CO)[C@@H](O)[C@H](O)[C@H]5NC(C)=O)[C@H](O)[C@@H]4O[C@@H]4O[C@H](CO)[C@@H](O[C@@H]5O[C@H](CO)[C@H](O)[C@H](O[C@@H]6O[C@H](C(=O)O)[C@@H](O)[C@H](O)[C@H]6O)[C@H]5O)[C@H](O)[C@H]4NC(C)=O)[C@@H]3O)[C@H](O)[C@H]2NC(C)=O)[C@@H](CO)O[C@H]1O. The molecule has 12 heterocycles. The Kier molecular flexibility index (Phi) is 43.5. The highest BCUT2D eigenvalue weighted by atomic mass is 16.8. The Labute approximate surface area is 845 Å². The first kappa shape index (κ1) is 123. The summed E-state index contributed by atoms with van der Waals surface area (Å²) in [5.74, 6) is -8.89. The Bertz CT molecular complexity index is 4320. The second-order valence-corrected chi connectivity index (χ2v) is 37.4. The molecule has 0 aromatic heterocycles. The van der Waals surface area contributed by atoms with Crippen LogP contribution in [-0.4, -0.2) is 644 Å². The zero-order valence-corrected chi connectivity index (χ0v) is 79.7. The second-order valence-electron chi connectivity index (χ2n) is 37.4. The molecule has 0 saturated carbocycles. The Morgan fingerprint density at radius 1 is 0.193 bits per heavy atom. The molecule has 5 amide bonds. The number of aliphatic hydroxyl groups excluding tert-OH is 31. The summed E-state index contributed by atoms with van der Waals surface area (Å²) >= 11 is 0. The Balaban J connectivity index is 0.903. The van der Waals surface area contributed by atoms with Crippen LogP contribution in [0.5, 0.6) is 0 Å². The van der Waals surface area contributed by atoms with Crippen LogP contribution in [-0.2, 0) is 143 Å². The molecule has 0 aromatic carbocycles. The molecule has 0 aromatic rings. The minimum absolute atomic E-state index is 0.817. The van der Waals surface area contributed by atoms with Crippen molar-refractivity contribution in [1.29, 1.82) is 0 Å². The van der Waals surface area contributed by atoms with Crippen molar-refractivity contribution in [1.82, 2.24) is 26.6 Å². The van der Waals surface area contributed by atoms with Crippen molar-refractivity contribution in [3.63, 3.8) is 0 Å². The van der Waals surface area contributed by atoms with Crippen molar-refractivity contribution < 1.29 is 311 Å². The summed E-state index contributed by atoms with van der Waals surface area (Å²) in [6.07, 6.45) is -127. The van der Waals surface area contributed by atoms with Crippen LogP contribution in [0.2, 0.25) is 0 Å². The molecular weight excluding hydrogens is 2060 g/mol. The highest BCUT2D eigenvalue weighted by Crippen LogP contribution is 2.44. The lowest BCUT2D eigenvalue weighted by atomic mass is 9.93. The number of nitrogens with one attached hydrogen (secondary N) is 5. The average molecular weight is 2200 g/mol. The third-order valence-corrected chi connectivity index (χ3v) is 27.0. The third-order valence-electron chi connectivity index (χ3n) is 27.0. The lowest BCUT2D eigenvalue weighted by molar-refractivity contribution is -0.406. The zero-order chi connectivity index (χ0) is 111. The largest absolute Gasteiger partial charge is 0.479 e. The van der Waals surface area contributed by atoms with Crippen LogP contribution in [0, 0.1) is 0 Å². The van der Waals surface area contributed by atoms with Gasteiger partial charge in [-0.2, -0.15) is 0 Å². The molecule has 0 unspecified atom stereocenters. The molecular formula is C82H133N5O63. The average Bonchev–Trinajstić information content (AvgIpc) is 0.756. The summed E-state index contributed by atoms with van der Waals surface area (Å²) < 4.78 is 137. The van der Waals surface area contributed by atoms with E-state index in [1.54, 1.807) is 0 Å². The van der Waals surface area contributed by atoms with Crippen LogP contribution in [0.15, 0.2) is 0 Å². The van der Waals surface area contributed by atoms with E-state index in [0.29, 0.717) is 0 Å². The number of hydrogen-bond acceptors (Lipinski definition) is 61. The van der Waals surface area contributed by atoms with E-state index < -0.39 is 476 Å². The number of amides is 5. The summed E-state index contributed by atoms with van der Waals surface area (Å²) in [5.41, 5.74) is 0. The third kappa shape index (κ3) is 26.8. The van der Waals surface area contributed by atoms with E-state index >= 15 is 0 Å². The molecule has 68 heteroatoms. The number of carbonyl (C=O) groups is 7. The maximum atomic E-state index is 13.6. The summed E-state index contributed by atoms with van der Waals surface area (Å²) in [7, 11) is 0. The molecule has 0 spiro atoms. The van der Waals surface area contributed by atoms with Crippen molar-refractivity contribution >= 4 is 41.5 Å². The minimum Gasteiger partial charge on any atom is -0.479 e. The van der Waals surface area contributed by atoms with Gasteiger partial charge in [0.25, 0.3) is 0 Å². The molecule has 12 aliphatic heterocycles. The van der Waals surface area contributed by atoms with Gasteiger partial charge in [0.05, 0.1) is 66.1 Å². The highest BCUT2D eigenvalue weighted by Gasteiger charge is 2.65. The van der Waals surface area contributed by atoms with Crippen molar-refractivity contribution in [2.24, 2.45) is 0 Å². The van der Waals surface area contributed by atoms with Gasteiger partial charge in [-0.25, -0.2) is 9.59 Å². The van der Waals surface area contributed by atoms with E-state index in [0.717, 1.165) is 34.6 Å². The lowest BCUT2D eigenvalue weighted by Gasteiger charge is -2.52. The van der Waals surface area contributed by atoms with E-state index in [9.17, 15) is 202 Å². The number of carboxylic acid groups (broad SMARTS) is 2. The number of aliphatic hydroxyl groups is 31. The molecule has 0 bridgehead atoms. The first-order valence-electron chi connectivity index (χ1n) is 47.2. The number of aliphatic carboxylic acids is 2. The highest BCUT2D eigenvalue weighted by molar-refractivity contribution is 5.76. The van der Waals surface area contributed by atoms with E-state index in [1.165, 1.54) is 0 Å². The van der Waals surface area contributed by atoms with Crippen LogP contribution >= 0.6 is 0 Å². The monoisotopic (exact) mass is 2200 g/mol. The number of carbonyl (C=O) groups excluding carboxylic acids is 5. The van der Waals surface area contributed by atoms with E-state index in [2.05, 4.69) is 26.6 Å². The van der Waals surface area contributed by atoms with E-state index in [1.807, 2.05) is 0 Å². The van der Waals surface area contributed by atoms with Gasteiger partial charge in [-0.3, -0.25) is 24.0 Å². The Morgan fingerprint density at radius 2 is 0.420 bits per heavy atom. The molecule has 60 atom stereocenters. The Morgan fingerprint density at radius 3 is 0.753 bits per heavy atom. The molecule has 12 fully saturated rings. The van der Waals surface area contributed by atoms with Gasteiger partial charge < -0.3 is 304 Å². The lowest BCUT2D eigenvalue weighted by Crippen LogP contribution is -2.71. The standard InChI is InChI=1S/C82H133N5O63/c1-16(97)83-31-42(108)57(25(10-92)129-71(31)127)139-73-33(85-18(3)99)43(109)60(26(11-93)134-73)143-80-56(122)64(40(106)30(138-80)15-128-81-67(48(114)37(103)22(7-89)133-81)149-74-34(86-19(4)100)44(110)58(27(12-94)135-74)141-78-54(120)62(38(104)23(8-90)131-78)144-76-51(117)46(112)49(115)65(147-76)69(123)124)146-82-68(53(119)61(29(14-96)137-82)140-72-32(84-17(2)98)41(107)36(102)21(6-88)130-72)150-75-35(87-20(5)101)45(111)59(28(13-95)136-75)142-79-55(121)63(39(105)24(9-91)132-79)145-77-52(118)47(113)50(116)66(148-77)70(125)126/h21-68,71-82,88-96,102-122,127H,6-15H2,1-5H3,(H,83,97)(H,84,98)(H,85,99)(H,86,100)(H,87,101)(H,123,124)(H,125,126)/t21-,22-,23-,24-,25-,26-,27-,28-,29-,30-,31-,32-,33-,34-,35-,36-,37-,38+,39+,40-,41-,42-,43-,44-,45-,46+,47+,48+,49+,50+,51-,52-,53+,54-,55-,56+,57-,58-,59-,60-,61-,62+,63+,64+,65+,66+,67+,68+,71-,72+,73+,74+,75+,76-,77-,78+,79+,80+,81+,82-/m1/s1. The number of hydrogen-bond donors (Lipinski definition) is 38. The van der Waals surface area contributed by atoms with Gasteiger partial charge >= 0.3 is 11.9 Å². The summed E-state index contributed by atoms with van der Waals surface area (Å²) in [5, 5.41) is 384. The van der Waals surface area contributed by atoms with Crippen molar-refractivity contribution in [2.45, 2.75) is 403 Å². The molecule has 12 rings (SSSR count). The minimum atomic E-state index is -2.80. The fourth-order valence-electron chi connectivity index (χ4n) is 19.3. The zero-order valence-electron chi connectivity index (χ0n) is 79.7. The van der Waals surface area contributed by atoms with Gasteiger partial charge in [0.15, 0.2) is 87.7 Å². The molecule has 150 heavy (non-hydrogen) atoms.